The molecule has 0 spiro atoms. The van der Waals surface area contributed by atoms with E-state index in [1.807, 2.05) is 0 Å². The van der Waals surface area contributed by atoms with Crippen LogP contribution in [-0.4, -0.2) is 53.3 Å². The van der Waals surface area contributed by atoms with E-state index in [0.29, 0.717) is 19.5 Å². The van der Waals surface area contributed by atoms with E-state index in [9.17, 15) is 14.4 Å². The Morgan fingerprint density at radius 1 is 1.47 bits per heavy atom. The van der Waals surface area contributed by atoms with Gasteiger partial charge >= 0.3 is 6.03 Å². The number of hydrogen-bond donors (Lipinski definition) is 1. The lowest BCUT2D eigenvalue weighted by Crippen LogP contribution is -2.62. The molecule has 0 aromatic carbocycles. The van der Waals surface area contributed by atoms with Crippen molar-refractivity contribution in [1.82, 2.24) is 15.1 Å². The highest BCUT2D eigenvalue weighted by Gasteiger charge is 2.42. The van der Waals surface area contributed by atoms with Crippen molar-refractivity contribution >= 4 is 17.8 Å². The van der Waals surface area contributed by atoms with Gasteiger partial charge in [0.15, 0.2) is 0 Å². The lowest BCUT2D eigenvalue weighted by Gasteiger charge is -2.42. The molecule has 2 aliphatic heterocycles. The van der Waals surface area contributed by atoms with Crippen LogP contribution in [-0.2, 0) is 9.59 Å². The zero-order valence-electron chi connectivity index (χ0n) is 8.52. The Kier molecular flexibility index (Phi) is 2.34. The predicted octanol–water partition coefficient (Wildman–Crippen LogP) is -0.841. The molecular formula is C9H13N3O3. The Balaban J connectivity index is 1.91. The van der Waals surface area contributed by atoms with Crippen molar-refractivity contribution in [2.24, 2.45) is 0 Å². The Labute approximate surface area is 87.2 Å². The molecule has 0 aromatic heterocycles. The maximum absolute atomic E-state index is 11.3. The molecule has 0 aromatic rings. The number of carbonyl (C=O) groups excluding carboxylic acids is 3. The van der Waals surface area contributed by atoms with E-state index < -0.39 is 0 Å². The summed E-state index contributed by atoms with van der Waals surface area (Å²) in [4.78, 5) is 36.7. The summed E-state index contributed by atoms with van der Waals surface area (Å²) in [5, 5.41) is 2.46. The molecule has 2 rings (SSSR count). The molecule has 1 N–H and O–H groups in total. The molecule has 82 valence electrons. The van der Waals surface area contributed by atoms with Gasteiger partial charge < -0.3 is 10.2 Å². The molecule has 0 saturated carbocycles. The van der Waals surface area contributed by atoms with Gasteiger partial charge in [0.05, 0.1) is 12.6 Å². The van der Waals surface area contributed by atoms with Crippen LogP contribution in [0, 0.1) is 0 Å². The van der Waals surface area contributed by atoms with Crippen LogP contribution in [0.15, 0.2) is 0 Å². The standard InChI is InChI=1S/C9H13N3O3/c1-2-7(13)11-4-6(5-11)12-8(14)3-10-9(12)15/h6H,2-5H2,1H3,(H,10,15). The molecule has 0 atom stereocenters. The number of amides is 4. The van der Waals surface area contributed by atoms with Gasteiger partial charge in [-0.2, -0.15) is 0 Å². The van der Waals surface area contributed by atoms with Gasteiger partial charge in [-0.15, -0.1) is 0 Å². The highest BCUT2D eigenvalue weighted by atomic mass is 16.2. The number of carbonyl (C=O) groups is 3. The first-order chi connectivity index (χ1) is 7.13. The number of nitrogens with zero attached hydrogens (tertiary/aromatic N) is 2. The first-order valence-electron chi connectivity index (χ1n) is 5.01. The number of imide groups is 1. The maximum Gasteiger partial charge on any atom is 0.324 e. The molecule has 2 fully saturated rings. The van der Waals surface area contributed by atoms with Crippen LogP contribution >= 0.6 is 0 Å². The van der Waals surface area contributed by atoms with Gasteiger partial charge in [-0.3, -0.25) is 14.5 Å². The van der Waals surface area contributed by atoms with Crippen molar-refractivity contribution in [3.8, 4) is 0 Å². The Morgan fingerprint density at radius 3 is 2.60 bits per heavy atom. The second-order valence-corrected chi connectivity index (χ2v) is 3.73. The van der Waals surface area contributed by atoms with Gasteiger partial charge in [-0.1, -0.05) is 6.92 Å². The topological polar surface area (TPSA) is 69.7 Å². The minimum Gasteiger partial charge on any atom is -0.338 e. The van der Waals surface area contributed by atoms with Crippen molar-refractivity contribution in [2.75, 3.05) is 19.6 Å². The summed E-state index contributed by atoms with van der Waals surface area (Å²) < 4.78 is 0. The Hall–Kier alpha value is -1.59. The fourth-order valence-electron chi connectivity index (χ4n) is 1.85. The number of hydrogen-bond acceptors (Lipinski definition) is 3. The van der Waals surface area contributed by atoms with Crippen molar-refractivity contribution in [1.29, 1.82) is 0 Å². The summed E-state index contributed by atoms with van der Waals surface area (Å²) in [7, 11) is 0. The third-order valence-corrected chi connectivity index (χ3v) is 2.76. The molecule has 0 aliphatic carbocycles. The first kappa shape index (κ1) is 9.95. The van der Waals surface area contributed by atoms with Gasteiger partial charge in [0.25, 0.3) is 0 Å². The molecule has 15 heavy (non-hydrogen) atoms. The van der Waals surface area contributed by atoms with Gasteiger partial charge in [0.2, 0.25) is 11.8 Å². The van der Waals surface area contributed by atoms with Crippen molar-refractivity contribution in [3.05, 3.63) is 0 Å². The lowest BCUT2D eigenvalue weighted by atomic mass is 10.1. The molecular weight excluding hydrogens is 198 g/mol. The SMILES string of the molecule is CCC(=O)N1CC(N2C(=O)CNC2=O)C1. The van der Waals surface area contributed by atoms with E-state index >= 15 is 0 Å². The largest absolute Gasteiger partial charge is 0.338 e. The number of nitrogens with one attached hydrogen (secondary N) is 1. The number of urea groups is 1. The number of likely N-dealkylation sites (tertiary alicyclic amines) is 1. The zero-order chi connectivity index (χ0) is 11.0. The fraction of sp³-hybridized carbons (Fsp3) is 0.667. The van der Waals surface area contributed by atoms with Gasteiger partial charge in [-0.05, 0) is 0 Å². The molecule has 0 unspecified atom stereocenters. The van der Waals surface area contributed by atoms with E-state index in [-0.39, 0.29) is 30.4 Å². The monoisotopic (exact) mass is 211 g/mol. The Morgan fingerprint density at radius 2 is 2.13 bits per heavy atom. The molecule has 2 heterocycles. The maximum atomic E-state index is 11.3. The third kappa shape index (κ3) is 1.55. The molecule has 2 saturated heterocycles. The van der Waals surface area contributed by atoms with Crippen LogP contribution in [0.4, 0.5) is 4.79 Å². The van der Waals surface area contributed by atoms with E-state index in [0.717, 1.165) is 0 Å². The molecule has 0 bridgehead atoms. The highest BCUT2D eigenvalue weighted by molar-refractivity contribution is 6.02. The average Bonchev–Trinajstić information content (AvgIpc) is 2.46. The molecule has 6 nitrogen and oxygen atoms in total. The third-order valence-electron chi connectivity index (χ3n) is 2.76. The minimum absolute atomic E-state index is 0.0679. The van der Waals surface area contributed by atoms with Crippen LogP contribution in [0.3, 0.4) is 0 Å². The Bertz CT molecular complexity index is 307. The molecule has 4 amide bonds. The van der Waals surface area contributed by atoms with Crippen LogP contribution in [0.5, 0.6) is 0 Å². The molecule has 6 heteroatoms. The second kappa shape index (κ2) is 3.52. The molecule has 0 radical (unpaired) electrons. The summed E-state index contributed by atoms with van der Waals surface area (Å²) in [6.45, 7) is 2.83. The van der Waals surface area contributed by atoms with E-state index in [1.54, 1.807) is 11.8 Å². The smallest absolute Gasteiger partial charge is 0.324 e. The van der Waals surface area contributed by atoms with Crippen LogP contribution in [0.2, 0.25) is 0 Å². The second-order valence-electron chi connectivity index (χ2n) is 3.73. The van der Waals surface area contributed by atoms with Crippen LogP contribution in [0.25, 0.3) is 0 Å². The van der Waals surface area contributed by atoms with E-state index in [2.05, 4.69) is 5.32 Å². The quantitative estimate of drug-likeness (QED) is 0.605. The van der Waals surface area contributed by atoms with Gasteiger partial charge in [0.1, 0.15) is 0 Å². The summed E-state index contributed by atoms with van der Waals surface area (Å²) in [6, 6.07) is -0.468. The minimum atomic E-state index is -0.339. The van der Waals surface area contributed by atoms with Crippen molar-refractivity contribution in [2.45, 2.75) is 19.4 Å². The van der Waals surface area contributed by atoms with Crippen molar-refractivity contribution in [3.63, 3.8) is 0 Å². The highest BCUT2D eigenvalue weighted by Crippen LogP contribution is 2.18. The summed E-state index contributed by atoms with van der Waals surface area (Å²) in [5.74, 6) is -0.132. The predicted molar refractivity (Wildman–Crippen MR) is 50.9 cm³/mol. The zero-order valence-corrected chi connectivity index (χ0v) is 8.52. The molecule has 2 aliphatic rings. The van der Waals surface area contributed by atoms with Crippen LogP contribution < -0.4 is 5.32 Å². The van der Waals surface area contributed by atoms with Gasteiger partial charge in [0, 0.05) is 19.5 Å². The van der Waals surface area contributed by atoms with Crippen LogP contribution in [0.1, 0.15) is 13.3 Å². The fourth-order valence-corrected chi connectivity index (χ4v) is 1.85. The average molecular weight is 211 g/mol. The number of rotatable bonds is 2. The normalized spacial score (nSPS) is 21.7. The van der Waals surface area contributed by atoms with Crippen molar-refractivity contribution < 1.29 is 14.4 Å². The summed E-state index contributed by atoms with van der Waals surface area (Å²) in [5.41, 5.74) is 0. The van der Waals surface area contributed by atoms with E-state index in [4.69, 9.17) is 0 Å². The summed E-state index contributed by atoms with van der Waals surface area (Å²) >= 11 is 0. The lowest BCUT2D eigenvalue weighted by molar-refractivity contribution is -0.141. The first-order valence-corrected chi connectivity index (χ1v) is 5.01. The van der Waals surface area contributed by atoms with E-state index in [1.165, 1.54) is 4.90 Å². The summed E-state index contributed by atoms with van der Waals surface area (Å²) in [6.07, 6.45) is 0.465. The van der Waals surface area contributed by atoms with Gasteiger partial charge in [-0.25, -0.2) is 4.79 Å².